The number of nitrogens with zero attached hydrogens (tertiary/aromatic N) is 4. The molecule has 0 saturated heterocycles. The maximum Gasteiger partial charge on any atom is 0.235 e. The topological polar surface area (TPSA) is 59.0 Å². The average molecular weight is 351 g/mol. The minimum absolute atomic E-state index is 0.0210. The van der Waals surface area contributed by atoms with E-state index in [9.17, 15) is 4.79 Å². The molecule has 7 heteroatoms. The van der Waals surface area contributed by atoms with Gasteiger partial charge in [-0.15, -0.1) is 0 Å². The summed E-state index contributed by atoms with van der Waals surface area (Å²) in [5.41, 5.74) is 2.74. The number of thioether (sulfide) groups is 1. The fourth-order valence-electron chi connectivity index (χ4n) is 2.12. The van der Waals surface area contributed by atoms with Gasteiger partial charge in [0.1, 0.15) is 5.15 Å². The highest BCUT2D eigenvalue weighted by molar-refractivity contribution is 8.00. The van der Waals surface area contributed by atoms with E-state index in [0.717, 1.165) is 17.0 Å². The smallest absolute Gasteiger partial charge is 0.235 e. The Morgan fingerprint density at radius 1 is 1.30 bits per heavy atom. The third kappa shape index (κ3) is 5.18. The lowest BCUT2D eigenvalue weighted by Crippen LogP contribution is -2.32. The summed E-state index contributed by atoms with van der Waals surface area (Å²) in [6, 6.07) is 5.50. The van der Waals surface area contributed by atoms with Crippen molar-refractivity contribution >= 4 is 29.3 Å². The third-order valence-corrected chi connectivity index (χ3v) is 4.35. The van der Waals surface area contributed by atoms with E-state index >= 15 is 0 Å². The number of rotatable bonds is 5. The molecule has 1 amide bonds. The molecule has 0 aliphatic rings. The first-order valence-corrected chi connectivity index (χ1v) is 8.45. The summed E-state index contributed by atoms with van der Waals surface area (Å²) in [7, 11) is 1.77. The monoisotopic (exact) mass is 350 g/mol. The van der Waals surface area contributed by atoms with Crippen molar-refractivity contribution in [1.82, 2.24) is 19.9 Å². The molecule has 5 nitrogen and oxygen atoms in total. The van der Waals surface area contributed by atoms with E-state index in [1.807, 2.05) is 32.9 Å². The summed E-state index contributed by atoms with van der Waals surface area (Å²) < 4.78 is 0. The van der Waals surface area contributed by atoms with Crippen molar-refractivity contribution < 1.29 is 4.79 Å². The average Bonchev–Trinajstić information content (AvgIpc) is 2.47. The molecule has 2 rings (SSSR count). The van der Waals surface area contributed by atoms with Gasteiger partial charge in [-0.2, -0.15) is 0 Å². The first-order valence-electron chi connectivity index (χ1n) is 7.19. The molecule has 23 heavy (non-hydrogen) atoms. The van der Waals surface area contributed by atoms with Crippen LogP contribution in [0.5, 0.6) is 0 Å². The van der Waals surface area contributed by atoms with Gasteiger partial charge in [-0.05, 0) is 38.5 Å². The molecule has 0 aliphatic carbocycles. The van der Waals surface area contributed by atoms with Crippen LogP contribution in [-0.2, 0) is 11.3 Å². The Bertz CT molecular complexity index is 673. The lowest BCUT2D eigenvalue weighted by atomic mass is 10.2. The minimum atomic E-state index is -0.263. The summed E-state index contributed by atoms with van der Waals surface area (Å²) in [5, 5.41) is 0.810. The van der Waals surface area contributed by atoms with Gasteiger partial charge < -0.3 is 4.90 Å². The number of carbonyl (C=O) groups is 1. The van der Waals surface area contributed by atoms with Crippen molar-refractivity contribution in [3.63, 3.8) is 0 Å². The molecule has 0 bridgehead atoms. The van der Waals surface area contributed by atoms with Gasteiger partial charge >= 0.3 is 0 Å². The van der Waals surface area contributed by atoms with Crippen LogP contribution in [0.1, 0.15) is 23.9 Å². The van der Waals surface area contributed by atoms with Crippen molar-refractivity contribution in [2.24, 2.45) is 0 Å². The molecular weight excluding hydrogens is 332 g/mol. The largest absolute Gasteiger partial charge is 0.340 e. The molecule has 0 spiro atoms. The van der Waals surface area contributed by atoms with Crippen LogP contribution in [0.4, 0.5) is 0 Å². The van der Waals surface area contributed by atoms with Crippen LogP contribution in [0.15, 0.2) is 29.6 Å². The van der Waals surface area contributed by atoms with E-state index in [4.69, 9.17) is 11.6 Å². The molecule has 0 aliphatic heterocycles. The van der Waals surface area contributed by atoms with Crippen LogP contribution in [-0.4, -0.2) is 38.1 Å². The molecule has 0 fully saturated rings. The quantitative estimate of drug-likeness (QED) is 0.470. The highest BCUT2D eigenvalue weighted by Gasteiger charge is 2.20. The van der Waals surface area contributed by atoms with E-state index in [1.54, 1.807) is 24.2 Å². The first-order chi connectivity index (χ1) is 10.8. The Morgan fingerprint density at radius 2 is 1.96 bits per heavy atom. The summed E-state index contributed by atoms with van der Waals surface area (Å²) >= 11 is 7.14. The summed E-state index contributed by atoms with van der Waals surface area (Å²) in [4.78, 5) is 26.9. The van der Waals surface area contributed by atoms with Crippen molar-refractivity contribution in [1.29, 1.82) is 0 Å². The number of amides is 1. The second kappa shape index (κ2) is 7.75. The van der Waals surface area contributed by atoms with Crippen LogP contribution in [0.25, 0.3) is 0 Å². The van der Waals surface area contributed by atoms with Crippen LogP contribution in [0.2, 0.25) is 5.15 Å². The highest BCUT2D eigenvalue weighted by Crippen LogP contribution is 2.22. The fourth-order valence-corrected chi connectivity index (χ4v) is 3.22. The molecular formula is C16H19ClN4OS. The van der Waals surface area contributed by atoms with Crippen molar-refractivity contribution in [3.05, 3.63) is 46.5 Å². The third-order valence-electron chi connectivity index (χ3n) is 3.18. The van der Waals surface area contributed by atoms with Gasteiger partial charge in [-0.1, -0.05) is 29.4 Å². The maximum atomic E-state index is 12.5. The minimum Gasteiger partial charge on any atom is -0.340 e. The zero-order valence-corrected chi connectivity index (χ0v) is 15.1. The number of pyridine rings is 1. The van der Waals surface area contributed by atoms with Crippen LogP contribution < -0.4 is 0 Å². The fraction of sp³-hybridized carbons (Fsp3) is 0.375. The van der Waals surface area contributed by atoms with Gasteiger partial charge in [0.05, 0.1) is 5.25 Å². The number of aryl methyl sites for hydroxylation is 2. The van der Waals surface area contributed by atoms with Gasteiger partial charge in [0.2, 0.25) is 5.91 Å². The first kappa shape index (κ1) is 17.7. The van der Waals surface area contributed by atoms with Crippen molar-refractivity contribution in [2.75, 3.05) is 7.05 Å². The van der Waals surface area contributed by atoms with Gasteiger partial charge in [0.15, 0.2) is 5.16 Å². The lowest BCUT2D eigenvalue weighted by Gasteiger charge is -2.20. The molecule has 122 valence electrons. The Morgan fingerprint density at radius 3 is 2.52 bits per heavy atom. The zero-order chi connectivity index (χ0) is 17.0. The SMILES string of the molecule is Cc1cc(C)nc(S[C@H](C)C(=O)N(C)Cc2ccc(Cl)nc2)n1. The molecule has 0 saturated carbocycles. The van der Waals surface area contributed by atoms with Gasteiger partial charge in [0, 0.05) is 31.2 Å². The maximum absolute atomic E-state index is 12.5. The molecule has 0 N–H and O–H groups in total. The number of hydrogen-bond donors (Lipinski definition) is 0. The number of hydrogen-bond acceptors (Lipinski definition) is 5. The summed E-state index contributed by atoms with van der Waals surface area (Å²) in [6.07, 6.45) is 1.68. The number of aromatic nitrogens is 3. The zero-order valence-electron chi connectivity index (χ0n) is 13.6. The molecule has 2 heterocycles. The number of carbonyl (C=O) groups excluding carboxylic acids is 1. The summed E-state index contributed by atoms with van der Waals surface area (Å²) in [5.74, 6) is 0.0210. The molecule has 2 aromatic heterocycles. The standard InChI is InChI=1S/C16H19ClN4OS/c1-10-7-11(2)20-16(19-10)23-12(3)15(22)21(4)9-13-5-6-14(17)18-8-13/h5-8,12H,9H2,1-4H3/t12-/m1/s1. The lowest BCUT2D eigenvalue weighted by molar-refractivity contribution is -0.129. The summed E-state index contributed by atoms with van der Waals surface area (Å²) in [6.45, 7) is 6.20. The second-order valence-electron chi connectivity index (χ2n) is 5.38. The van der Waals surface area contributed by atoms with E-state index < -0.39 is 0 Å². The van der Waals surface area contributed by atoms with E-state index in [0.29, 0.717) is 16.9 Å². The van der Waals surface area contributed by atoms with Gasteiger partial charge in [-0.25, -0.2) is 15.0 Å². The predicted molar refractivity (Wildman–Crippen MR) is 92.5 cm³/mol. The molecule has 0 aromatic carbocycles. The Kier molecular flexibility index (Phi) is 5.96. The van der Waals surface area contributed by atoms with Crippen LogP contribution in [0.3, 0.4) is 0 Å². The van der Waals surface area contributed by atoms with E-state index in [1.165, 1.54) is 11.8 Å². The Balaban J connectivity index is 1.99. The number of halogens is 1. The molecule has 0 radical (unpaired) electrons. The Labute approximate surface area is 145 Å². The second-order valence-corrected chi connectivity index (χ2v) is 7.07. The molecule has 0 unspecified atom stereocenters. The van der Waals surface area contributed by atoms with E-state index in [2.05, 4.69) is 15.0 Å². The van der Waals surface area contributed by atoms with Gasteiger partial charge in [0.25, 0.3) is 0 Å². The molecule has 1 atom stereocenters. The van der Waals surface area contributed by atoms with Gasteiger partial charge in [-0.3, -0.25) is 4.79 Å². The van der Waals surface area contributed by atoms with Crippen LogP contribution in [0, 0.1) is 13.8 Å². The normalized spacial score (nSPS) is 12.0. The van der Waals surface area contributed by atoms with E-state index in [-0.39, 0.29) is 11.2 Å². The Hall–Kier alpha value is -1.66. The highest BCUT2D eigenvalue weighted by atomic mass is 35.5. The molecule has 2 aromatic rings. The van der Waals surface area contributed by atoms with Crippen molar-refractivity contribution in [2.45, 2.75) is 37.7 Å². The van der Waals surface area contributed by atoms with Crippen molar-refractivity contribution in [3.8, 4) is 0 Å². The van der Waals surface area contributed by atoms with Crippen LogP contribution >= 0.6 is 23.4 Å². The predicted octanol–water partition coefficient (Wildman–Crippen LogP) is 3.28.